The number of carbonyl (C=O) groups is 2. The molecule has 0 atom stereocenters. The second-order valence-electron chi connectivity index (χ2n) is 6.26. The summed E-state index contributed by atoms with van der Waals surface area (Å²) >= 11 is 0. The van der Waals surface area contributed by atoms with Crippen LogP contribution in [0, 0.1) is 0 Å². The molecule has 0 heterocycles. The van der Waals surface area contributed by atoms with Crippen molar-refractivity contribution < 1.29 is 40.2 Å². The van der Waals surface area contributed by atoms with E-state index < -0.39 is 62.5 Å². The summed E-state index contributed by atoms with van der Waals surface area (Å²) in [6.45, 7) is -4.37. The first-order chi connectivity index (χ1) is 12.7. The van der Waals surface area contributed by atoms with Gasteiger partial charge in [-0.15, -0.1) is 0 Å². The van der Waals surface area contributed by atoms with Crippen LogP contribution < -0.4 is 16.4 Å². The standard InChI is InChI=1S/C16H25N3O8/c17-12-2-10(13(26)18-15(4-20,5-21)6-22)1-11(3-12)14(27)19-16(7-23,8-24)9-25/h1-3,20-25H,4-9,17H2,(H,18,26)(H,19,27). The highest BCUT2D eigenvalue weighted by atomic mass is 16.3. The molecule has 0 aromatic heterocycles. The maximum Gasteiger partial charge on any atom is 0.252 e. The van der Waals surface area contributed by atoms with Gasteiger partial charge in [0, 0.05) is 16.8 Å². The van der Waals surface area contributed by atoms with Crippen molar-refractivity contribution in [1.82, 2.24) is 10.6 Å². The molecule has 11 heteroatoms. The van der Waals surface area contributed by atoms with Gasteiger partial charge in [0.1, 0.15) is 11.1 Å². The molecule has 0 saturated carbocycles. The fourth-order valence-corrected chi connectivity index (χ4v) is 2.08. The molecule has 0 fully saturated rings. The van der Waals surface area contributed by atoms with E-state index in [9.17, 15) is 40.2 Å². The lowest BCUT2D eigenvalue weighted by atomic mass is 10.0. The smallest absolute Gasteiger partial charge is 0.252 e. The van der Waals surface area contributed by atoms with Crippen LogP contribution in [0.15, 0.2) is 18.2 Å². The van der Waals surface area contributed by atoms with Gasteiger partial charge < -0.3 is 47.0 Å². The summed E-state index contributed by atoms with van der Waals surface area (Å²) in [5, 5.41) is 60.3. The Morgan fingerprint density at radius 3 is 1.26 bits per heavy atom. The van der Waals surface area contributed by atoms with Crippen molar-refractivity contribution in [2.75, 3.05) is 45.4 Å². The molecule has 0 saturated heterocycles. The van der Waals surface area contributed by atoms with E-state index in [0.717, 1.165) is 6.07 Å². The number of carbonyl (C=O) groups excluding carboxylic acids is 2. The SMILES string of the molecule is Nc1cc(C(=O)NC(CO)(CO)CO)cc(C(=O)NC(CO)(CO)CO)c1. The van der Waals surface area contributed by atoms with Gasteiger partial charge in [0.05, 0.1) is 39.6 Å². The molecule has 0 radical (unpaired) electrons. The van der Waals surface area contributed by atoms with Gasteiger partial charge in [0.2, 0.25) is 0 Å². The molecule has 10 N–H and O–H groups in total. The average Bonchev–Trinajstić information content (AvgIpc) is 2.69. The zero-order chi connectivity index (χ0) is 20.7. The van der Waals surface area contributed by atoms with E-state index in [0.29, 0.717) is 0 Å². The monoisotopic (exact) mass is 387 g/mol. The molecule has 1 rings (SSSR count). The molecule has 0 bridgehead atoms. The summed E-state index contributed by atoms with van der Waals surface area (Å²) in [5.74, 6) is -1.63. The highest BCUT2D eigenvalue weighted by Crippen LogP contribution is 2.15. The first-order valence-electron chi connectivity index (χ1n) is 7.95. The summed E-state index contributed by atoms with van der Waals surface area (Å²) in [7, 11) is 0. The van der Waals surface area contributed by atoms with Crippen molar-refractivity contribution in [3.63, 3.8) is 0 Å². The van der Waals surface area contributed by atoms with Crippen LogP contribution in [-0.2, 0) is 0 Å². The van der Waals surface area contributed by atoms with Gasteiger partial charge in [-0.05, 0) is 18.2 Å². The van der Waals surface area contributed by atoms with Gasteiger partial charge in [-0.3, -0.25) is 9.59 Å². The Morgan fingerprint density at radius 2 is 1.00 bits per heavy atom. The summed E-state index contributed by atoms with van der Waals surface area (Å²) in [4.78, 5) is 24.7. The minimum atomic E-state index is -1.66. The predicted octanol–water partition coefficient (Wildman–Crippen LogP) is -3.84. The fourth-order valence-electron chi connectivity index (χ4n) is 2.08. The molecular weight excluding hydrogens is 362 g/mol. The number of hydrogen-bond donors (Lipinski definition) is 9. The first-order valence-corrected chi connectivity index (χ1v) is 7.95. The van der Waals surface area contributed by atoms with E-state index in [1.165, 1.54) is 12.1 Å². The van der Waals surface area contributed by atoms with Crippen LogP contribution in [0.2, 0.25) is 0 Å². The second kappa shape index (κ2) is 9.60. The minimum absolute atomic E-state index is 0.0398. The largest absolute Gasteiger partial charge is 0.399 e. The van der Waals surface area contributed by atoms with E-state index >= 15 is 0 Å². The molecule has 2 amide bonds. The summed E-state index contributed by atoms with van der Waals surface area (Å²) in [6, 6.07) is 3.62. The van der Waals surface area contributed by atoms with Gasteiger partial charge >= 0.3 is 0 Å². The topological polar surface area (TPSA) is 206 Å². The van der Waals surface area contributed by atoms with E-state index in [4.69, 9.17) is 5.73 Å². The van der Waals surface area contributed by atoms with Crippen molar-refractivity contribution >= 4 is 17.5 Å². The van der Waals surface area contributed by atoms with Gasteiger partial charge in [-0.2, -0.15) is 0 Å². The molecule has 152 valence electrons. The molecule has 0 aliphatic heterocycles. The Hall–Kier alpha value is -2.28. The van der Waals surface area contributed by atoms with E-state index in [1.54, 1.807) is 0 Å². The zero-order valence-corrected chi connectivity index (χ0v) is 14.6. The van der Waals surface area contributed by atoms with E-state index in [1.807, 2.05) is 0 Å². The van der Waals surface area contributed by atoms with Crippen LogP contribution in [0.5, 0.6) is 0 Å². The molecule has 0 aliphatic rings. The number of rotatable bonds is 10. The normalized spacial score (nSPS) is 11.9. The van der Waals surface area contributed by atoms with E-state index in [2.05, 4.69) is 10.6 Å². The molecule has 0 aliphatic carbocycles. The lowest BCUT2D eigenvalue weighted by Crippen LogP contribution is -2.57. The van der Waals surface area contributed by atoms with Crippen LogP contribution in [0.1, 0.15) is 20.7 Å². The number of aliphatic hydroxyl groups excluding tert-OH is 6. The molecule has 1 aromatic rings. The Kier molecular flexibility index (Phi) is 8.09. The lowest BCUT2D eigenvalue weighted by Gasteiger charge is -2.29. The first kappa shape index (κ1) is 22.8. The maximum atomic E-state index is 12.4. The number of hydrogen-bond acceptors (Lipinski definition) is 9. The molecule has 0 spiro atoms. The van der Waals surface area contributed by atoms with Crippen LogP contribution in [0.3, 0.4) is 0 Å². The highest BCUT2D eigenvalue weighted by molar-refractivity contribution is 6.01. The zero-order valence-electron chi connectivity index (χ0n) is 14.6. The third-order valence-electron chi connectivity index (χ3n) is 4.05. The quantitative estimate of drug-likeness (QED) is 0.180. The number of nitrogens with two attached hydrogens (primary N) is 1. The maximum absolute atomic E-state index is 12.4. The summed E-state index contributed by atoms with van der Waals surface area (Å²) in [6.07, 6.45) is 0. The van der Waals surface area contributed by atoms with Gasteiger partial charge in [-0.25, -0.2) is 0 Å². The number of nitrogen functional groups attached to an aromatic ring is 1. The number of nitrogens with one attached hydrogen (secondary N) is 2. The minimum Gasteiger partial charge on any atom is -0.399 e. The van der Waals surface area contributed by atoms with Gasteiger partial charge in [-0.1, -0.05) is 0 Å². The Labute approximate surface area is 155 Å². The second-order valence-corrected chi connectivity index (χ2v) is 6.26. The van der Waals surface area contributed by atoms with Crippen molar-refractivity contribution in [2.24, 2.45) is 0 Å². The summed E-state index contributed by atoms with van der Waals surface area (Å²) < 4.78 is 0. The molecule has 0 unspecified atom stereocenters. The highest BCUT2D eigenvalue weighted by Gasteiger charge is 2.32. The molecule has 11 nitrogen and oxygen atoms in total. The third-order valence-corrected chi connectivity index (χ3v) is 4.05. The van der Waals surface area contributed by atoms with Crippen molar-refractivity contribution in [3.05, 3.63) is 29.3 Å². The number of anilines is 1. The van der Waals surface area contributed by atoms with Gasteiger partial charge in [0.15, 0.2) is 0 Å². The molecule has 1 aromatic carbocycles. The summed E-state index contributed by atoms with van der Waals surface area (Å²) in [5.41, 5.74) is 2.23. The number of benzene rings is 1. The van der Waals surface area contributed by atoms with Crippen molar-refractivity contribution in [1.29, 1.82) is 0 Å². The van der Waals surface area contributed by atoms with Crippen LogP contribution in [0.4, 0.5) is 5.69 Å². The number of aliphatic hydroxyl groups is 6. The van der Waals surface area contributed by atoms with Crippen molar-refractivity contribution in [3.8, 4) is 0 Å². The third kappa shape index (κ3) is 5.35. The van der Waals surface area contributed by atoms with E-state index in [-0.39, 0.29) is 16.8 Å². The van der Waals surface area contributed by atoms with Crippen LogP contribution in [-0.4, -0.2) is 93.2 Å². The van der Waals surface area contributed by atoms with Crippen LogP contribution in [0.25, 0.3) is 0 Å². The lowest BCUT2D eigenvalue weighted by molar-refractivity contribution is 0.0372. The van der Waals surface area contributed by atoms with Crippen molar-refractivity contribution in [2.45, 2.75) is 11.1 Å². The molecule has 27 heavy (non-hydrogen) atoms. The average molecular weight is 387 g/mol. The van der Waals surface area contributed by atoms with Crippen LogP contribution >= 0.6 is 0 Å². The predicted molar refractivity (Wildman–Crippen MR) is 93.8 cm³/mol. The fraction of sp³-hybridized carbons (Fsp3) is 0.500. The Bertz CT molecular complexity index is 590. The number of amides is 2. The Balaban J connectivity index is 3.13. The Morgan fingerprint density at radius 1 is 0.704 bits per heavy atom. The molecular formula is C16H25N3O8. The van der Waals surface area contributed by atoms with Gasteiger partial charge in [0.25, 0.3) is 11.8 Å².